The molecule has 0 radical (unpaired) electrons. The number of rotatable bonds is 3. The number of piperidine rings is 1. The van der Waals surface area contributed by atoms with Gasteiger partial charge in [0.25, 0.3) is 0 Å². The summed E-state index contributed by atoms with van der Waals surface area (Å²) in [6, 6.07) is 0. The van der Waals surface area contributed by atoms with Gasteiger partial charge in [0.15, 0.2) is 0 Å². The second-order valence-electron chi connectivity index (χ2n) is 5.10. The average molecular weight is 269 g/mol. The fourth-order valence-electron chi connectivity index (χ4n) is 2.72. The number of nitrogens with zero attached hydrogens (tertiary/aromatic N) is 1. The minimum Gasteiger partial charge on any atom is -0.384 e. The molecular formula is C12H19N3O4. The number of ether oxygens (including phenoxy) is 1. The van der Waals surface area contributed by atoms with Crippen LogP contribution in [0, 0.1) is 5.41 Å². The van der Waals surface area contributed by atoms with E-state index in [1.54, 1.807) is 7.11 Å². The molecule has 2 rings (SSSR count). The lowest BCUT2D eigenvalue weighted by molar-refractivity contribution is -0.155. The normalized spacial score (nSPS) is 23.1. The molecule has 2 fully saturated rings. The Morgan fingerprint density at radius 1 is 1.26 bits per heavy atom. The fraction of sp³-hybridized carbons (Fsp3) is 0.750. The van der Waals surface area contributed by atoms with Crippen LogP contribution in [0.5, 0.6) is 0 Å². The first-order valence-corrected chi connectivity index (χ1v) is 6.39. The minimum absolute atomic E-state index is 0.0521. The van der Waals surface area contributed by atoms with Crippen LogP contribution in [0.3, 0.4) is 0 Å². The highest BCUT2D eigenvalue weighted by Crippen LogP contribution is 2.31. The van der Waals surface area contributed by atoms with E-state index in [-0.39, 0.29) is 19.0 Å². The lowest BCUT2D eigenvalue weighted by Crippen LogP contribution is -2.59. The highest BCUT2D eigenvalue weighted by Gasteiger charge is 2.44. The van der Waals surface area contributed by atoms with Gasteiger partial charge in [-0.3, -0.25) is 19.7 Å². The van der Waals surface area contributed by atoms with Crippen LogP contribution < -0.4 is 10.6 Å². The maximum atomic E-state index is 12.6. The smallest absolute Gasteiger partial charge is 0.246 e. The highest BCUT2D eigenvalue weighted by molar-refractivity contribution is 6.03. The van der Waals surface area contributed by atoms with Gasteiger partial charge in [-0.15, -0.1) is 0 Å². The monoisotopic (exact) mass is 269 g/mol. The second kappa shape index (κ2) is 5.66. The lowest BCUT2D eigenvalue weighted by atomic mass is 9.78. The lowest BCUT2D eigenvalue weighted by Gasteiger charge is -2.40. The molecule has 0 aromatic carbocycles. The molecule has 2 saturated heterocycles. The van der Waals surface area contributed by atoms with Crippen molar-refractivity contribution in [1.82, 2.24) is 15.5 Å². The third-order valence-electron chi connectivity index (χ3n) is 3.67. The van der Waals surface area contributed by atoms with E-state index < -0.39 is 17.2 Å². The quantitative estimate of drug-likeness (QED) is 0.608. The SMILES string of the molecule is COCC1(C(=O)N2CC(=O)NC(=O)C2)CCNCC1. The zero-order valence-corrected chi connectivity index (χ0v) is 11.0. The molecule has 0 aliphatic carbocycles. The summed E-state index contributed by atoms with van der Waals surface area (Å²) in [6.07, 6.45) is 1.32. The Bertz CT molecular complexity index is 369. The van der Waals surface area contributed by atoms with Crippen molar-refractivity contribution in [3.05, 3.63) is 0 Å². The number of methoxy groups -OCH3 is 1. The molecule has 2 heterocycles. The third-order valence-corrected chi connectivity index (χ3v) is 3.67. The molecule has 2 aliphatic rings. The Hall–Kier alpha value is -1.47. The Balaban J connectivity index is 2.14. The summed E-state index contributed by atoms with van der Waals surface area (Å²) in [4.78, 5) is 36.7. The van der Waals surface area contributed by atoms with Crippen molar-refractivity contribution in [2.24, 2.45) is 5.41 Å². The predicted molar refractivity (Wildman–Crippen MR) is 66.1 cm³/mol. The maximum absolute atomic E-state index is 12.6. The van der Waals surface area contributed by atoms with E-state index in [9.17, 15) is 14.4 Å². The van der Waals surface area contributed by atoms with Crippen LogP contribution in [0.2, 0.25) is 0 Å². The van der Waals surface area contributed by atoms with Gasteiger partial charge >= 0.3 is 0 Å². The Labute approximate surface area is 111 Å². The van der Waals surface area contributed by atoms with Gasteiger partial charge in [-0.2, -0.15) is 0 Å². The first-order valence-electron chi connectivity index (χ1n) is 6.39. The fourth-order valence-corrected chi connectivity index (χ4v) is 2.72. The van der Waals surface area contributed by atoms with Gasteiger partial charge in [0, 0.05) is 7.11 Å². The van der Waals surface area contributed by atoms with Gasteiger partial charge in [0.2, 0.25) is 17.7 Å². The summed E-state index contributed by atoms with van der Waals surface area (Å²) in [5.41, 5.74) is -0.613. The number of hydrogen-bond acceptors (Lipinski definition) is 5. The Kier molecular flexibility index (Phi) is 4.16. The topological polar surface area (TPSA) is 87.7 Å². The van der Waals surface area contributed by atoms with Crippen molar-refractivity contribution < 1.29 is 19.1 Å². The third kappa shape index (κ3) is 2.93. The molecule has 3 amide bonds. The number of hydrogen-bond donors (Lipinski definition) is 2. The maximum Gasteiger partial charge on any atom is 0.246 e. The largest absolute Gasteiger partial charge is 0.384 e. The molecule has 0 unspecified atom stereocenters. The summed E-state index contributed by atoms with van der Waals surface area (Å²) in [5.74, 6) is -1.00. The molecule has 0 bridgehead atoms. The Morgan fingerprint density at radius 3 is 2.37 bits per heavy atom. The molecule has 19 heavy (non-hydrogen) atoms. The van der Waals surface area contributed by atoms with E-state index in [0.717, 1.165) is 13.1 Å². The van der Waals surface area contributed by atoms with Crippen molar-refractivity contribution in [2.75, 3.05) is 39.9 Å². The van der Waals surface area contributed by atoms with Crippen LogP contribution in [-0.4, -0.2) is 62.5 Å². The molecule has 2 N–H and O–H groups in total. The van der Waals surface area contributed by atoms with Gasteiger partial charge in [0.05, 0.1) is 12.0 Å². The van der Waals surface area contributed by atoms with Gasteiger partial charge < -0.3 is 15.0 Å². The minimum atomic E-state index is -0.613. The van der Waals surface area contributed by atoms with Crippen LogP contribution >= 0.6 is 0 Å². The molecule has 0 saturated carbocycles. The van der Waals surface area contributed by atoms with Gasteiger partial charge in [0.1, 0.15) is 13.1 Å². The number of carbonyl (C=O) groups excluding carboxylic acids is 3. The van der Waals surface area contributed by atoms with Gasteiger partial charge in [-0.1, -0.05) is 0 Å². The zero-order valence-electron chi connectivity index (χ0n) is 11.0. The molecule has 7 heteroatoms. The van der Waals surface area contributed by atoms with E-state index in [4.69, 9.17) is 4.74 Å². The van der Waals surface area contributed by atoms with E-state index in [1.165, 1.54) is 4.90 Å². The first kappa shape index (κ1) is 14.0. The molecule has 0 spiro atoms. The summed E-state index contributed by atoms with van der Waals surface area (Å²) in [7, 11) is 1.56. The van der Waals surface area contributed by atoms with E-state index in [0.29, 0.717) is 19.4 Å². The van der Waals surface area contributed by atoms with E-state index in [1.807, 2.05) is 0 Å². The van der Waals surface area contributed by atoms with Crippen LogP contribution in [0.1, 0.15) is 12.8 Å². The highest BCUT2D eigenvalue weighted by atomic mass is 16.5. The standard InChI is InChI=1S/C12H19N3O4/c1-19-8-12(2-4-13-5-3-12)11(18)15-6-9(16)14-10(17)7-15/h13H,2-8H2,1H3,(H,14,16,17). The summed E-state index contributed by atoms with van der Waals surface area (Å²) in [6.45, 7) is 1.69. The number of nitrogens with one attached hydrogen (secondary N) is 2. The number of imide groups is 1. The zero-order chi connectivity index (χ0) is 13.9. The van der Waals surface area contributed by atoms with Crippen molar-refractivity contribution in [1.29, 1.82) is 0 Å². The van der Waals surface area contributed by atoms with Crippen LogP contribution in [0.4, 0.5) is 0 Å². The molecular weight excluding hydrogens is 250 g/mol. The first-order chi connectivity index (χ1) is 9.07. The number of amides is 3. The summed E-state index contributed by atoms with van der Waals surface area (Å²) in [5, 5.41) is 5.40. The molecule has 106 valence electrons. The average Bonchev–Trinajstić information content (AvgIpc) is 2.38. The molecule has 2 aliphatic heterocycles. The van der Waals surface area contributed by atoms with Gasteiger partial charge in [-0.05, 0) is 25.9 Å². The van der Waals surface area contributed by atoms with E-state index in [2.05, 4.69) is 10.6 Å². The number of piperazine rings is 1. The van der Waals surface area contributed by atoms with Crippen LogP contribution in [0.15, 0.2) is 0 Å². The summed E-state index contributed by atoms with van der Waals surface area (Å²) >= 11 is 0. The molecule has 7 nitrogen and oxygen atoms in total. The summed E-state index contributed by atoms with van der Waals surface area (Å²) < 4.78 is 5.19. The van der Waals surface area contributed by atoms with Crippen molar-refractivity contribution >= 4 is 17.7 Å². The van der Waals surface area contributed by atoms with Crippen molar-refractivity contribution in [3.63, 3.8) is 0 Å². The number of carbonyl (C=O) groups is 3. The second-order valence-corrected chi connectivity index (χ2v) is 5.10. The van der Waals surface area contributed by atoms with Crippen LogP contribution in [-0.2, 0) is 19.1 Å². The molecule has 0 atom stereocenters. The van der Waals surface area contributed by atoms with E-state index >= 15 is 0 Å². The predicted octanol–water partition coefficient (Wildman–Crippen LogP) is -1.51. The van der Waals surface area contributed by atoms with Crippen molar-refractivity contribution in [2.45, 2.75) is 12.8 Å². The van der Waals surface area contributed by atoms with Crippen LogP contribution in [0.25, 0.3) is 0 Å². The molecule has 0 aromatic heterocycles. The van der Waals surface area contributed by atoms with Crippen molar-refractivity contribution in [3.8, 4) is 0 Å². The molecule has 0 aromatic rings. The Morgan fingerprint density at radius 2 is 1.84 bits per heavy atom. The van der Waals surface area contributed by atoms with Gasteiger partial charge in [-0.25, -0.2) is 0 Å².